The van der Waals surface area contributed by atoms with E-state index in [4.69, 9.17) is 4.74 Å². The fourth-order valence-electron chi connectivity index (χ4n) is 0.620. The molecule has 0 saturated heterocycles. The molecule has 0 amide bonds. The summed E-state index contributed by atoms with van der Waals surface area (Å²) in [5.74, 6) is -0.334. The van der Waals surface area contributed by atoms with E-state index in [1.165, 1.54) is 0 Å². The number of esters is 1. The van der Waals surface area contributed by atoms with E-state index in [0.29, 0.717) is 6.61 Å². The van der Waals surface area contributed by atoms with Crippen molar-refractivity contribution >= 4 is 5.97 Å². The van der Waals surface area contributed by atoms with Gasteiger partial charge in [0.15, 0.2) is 0 Å². The molecule has 11 heavy (non-hydrogen) atoms. The molecule has 0 heterocycles. The van der Waals surface area contributed by atoms with Crippen molar-refractivity contribution in [2.75, 3.05) is 6.61 Å². The van der Waals surface area contributed by atoms with Crippen LogP contribution in [0.4, 0.5) is 0 Å². The smallest absolute Gasteiger partial charge is 0.308 e. The zero-order valence-electron chi connectivity index (χ0n) is 7.39. The predicted molar refractivity (Wildman–Crippen MR) is 42.2 cm³/mol. The second kappa shape index (κ2) is 4.34. The summed E-state index contributed by atoms with van der Waals surface area (Å²) in [7, 11) is 0. The molecule has 3 heteroatoms. The van der Waals surface area contributed by atoms with Crippen molar-refractivity contribution < 1.29 is 14.6 Å². The standard InChI is InChI=1S/C8H16O3/c1-4-5-11-7(9)6-8(2,3)10/h10H,4-6H2,1-3H3. The predicted octanol–water partition coefficient (Wildman–Crippen LogP) is 1.10. The van der Waals surface area contributed by atoms with Crippen LogP contribution in [0, 0.1) is 0 Å². The Hall–Kier alpha value is -0.570. The molecule has 1 N–H and O–H groups in total. The van der Waals surface area contributed by atoms with Crippen LogP contribution in [0.5, 0.6) is 0 Å². The molecule has 0 fully saturated rings. The minimum Gasteiger partial charge on any atom is -0.466 e. The third kappa shape index (κ3) is 7.33. The highest BCUT2D eigenvalue weighted by molar-refractivity contribution is 5.70. The molecule has 0 aromatic heterocycles. The number of ether oxygens (including phenoxy) is 1. The zero-order valence-corrected chi connectivity index (χ0v) is 7.39. The number of hydrogen-bond donors (Lipinski definition) is 1. The maximum absolute atomic E-state index is 10.8. The molecule has 0 aromatic carbocycles. The van der Waals surface area contributed by atoms with Gasteiger partial charge in [-0.3, -0.25) is 4.79 Å². The Balaban J connectivity index is 3.53. The van der Waals surface area contributed by atoms with Crippen LogP contribution in [-0.4, -0.2) is 23.3 Å². The summed E-state index contributed by atoms with van der Waals surface area (Å²) in [5.41, 5.74) is -0.954. The summed E-state index contributed by atoms with van der Waals surface area (Å²) in [6, 6.07) is 0. The Morgan fingerprint density at radius 2 is 2.09 bits per heavy atom. The van der Waals surface area contributed by atoms with Gasteiger partial charge in [-0.25, -0.2) is 0 Å². The van der Waals surface area contributed by atoms with Crippen LogP contribution in [0.25, 0.3) is 0 Å². The first-order valence-corrected chi connectivity index (χ1v) is 3.83. The van der Waals surface area contributed by atoms with Crippen LogP contribution in [0.2, 0.25) is 0 Å². The van der Waals surface area contributed by atoms with E-state index < -0.39 is 5.60 Å². The molecule has 0 spiro atoms. The average Bonchev–Trinajstić information content (AvgIpc) is 1.79. The fraction of sp³-hybridized carbons (Fsp3) is 0.875. The Kier molecular flexibility index (Phi) is 4.11. The largest absolute Gasteiger partial charge is 0.466 e. The molecule has 3 nitrogen and oxygen atoms in total. The second-order valence-corrected chi connectivity index (χ2v) is 3.21. The van der Waals surface area contributed by atoms with Crippen molar-refractivity contribution in [1.29, 1.82) is 0 Å². The Bertz CT molecular complexity index is 124. The first-order chi connectivity index (χ1) is 4.95. The third-order valence-electron chi connectivity index (χ3n) is 1.04. The lowest BCUT2D eigenvalue weighted by Crippen LogP contribution is -2.24. The monoisotopic (exact) mass is 160 g/mol. The van der Waals surface area contributed by atoms with E-state index in [1.54, 1.807) is 13.8 Å². The quantitative estimate of drug-likeness (QED) is 0.626. The molecule has 0 radical (unpaired) electrons. The molecular formula is C8H16O3. The van der Waals surface area contributed by atoms with Gasteiger partial charge in [-0.05, 0) is 20.3 Å². The fourth-order valence-corrected chi connectivity index (χ4v) is 0.620. The van der Waals surface area contributed by atoms with E-state index in [0.717, 1.165) is 6.42 Å². The van der Waals surface area contributed by atoms with Crippen LogP contribution >= 0.6 is 0 Å². The first-order valence-electron chi connectivity index (χ1n) is 3.83. The van der Waals surface area contributed by atoms with Gasteiger partial charge in [0.05, 0.1) is 18.6 Å². The minimum absolute atomic E-state index is 0.0625. The number of carbonyl (C=O) groups is 1. The summed E-state index contributed by atoms with van der Waals surface area (Å²) in [6.45, 7) is 5.53. The lowest BCUT2D eigenvalue weighted by Gasteiger charge is -2.15. The van der Waals surface area contributed by atoms with E-state index in [-0.39, 0.29) is 12.4 Å². The highest BCUT2D eigenvalue weighted by Crippen LogP contribution is 2.07. The van der Waals surface area contributed by atoms with Crippen molar-refractivity contribution in [2.24, 2.45) is 0 Å². The summed E-state index contributed by atoms with van der Waals surface area (Å²) < 4.78 is 4.77. The SMILES string of the molecule is CCCOC(=O)CC(C)(C)O. The van der Waals surface area contributed by atoms with Crippen LogP contribution in [0.1, 0.15) is 33.6 Å². The summed E-state index contributed by atoms with van der Waals surface area (Å²) in [5, 5.41) is 9.19. The van der Waals surface area contributed by atoms with Gasteiger partial charge >= 0.3 is 5.97 Å². The van der Waals surface area contributed by atoms with Crippen LogP contribution in [-0.2, 0) is 9.53 Å². The molecule has 0 aliphatic heterocycles. The summed E-state index contributed by atoms with van der Waals surface area (Å²) in [4.78, 5) is 10.8. The molecule has 0 unspecified atom stereocenters. The Labute approximate surface area is 67.4 Å². The van der Waals surface area contributed by atoms with Gasteiger partial charge in [0.1, 0.15) is 0 Å². The highest BCUT2D eigenvalue weighted by Gasteiger charge is 2.18. The molecule has 0 aliphatic rings. The molecule has 0 rings (SSSR count). The maximum atomic E-state index is 10.8. The molecule has 66 valence electrons. The normalized spacial score (nSPS) is 11.3. The van der Waals surface area contributed by atoms with E-state index >= 15 is 0 Å². The molecule has 0 aromatic rings. The number of aliphatic hydroxyl groups is 1. The minimum atomic E-state index is -0.954. The van der Waals surface area contributed by atoms with Gasteiger partial charge in [-0.1, -0.05) is 6.92 Å². The van der Waals surface area contributed by atoms with E-state index in [2.05, 4.69) is 0 Å². The van der Waals surface area contributed by atoms with Crippen molar-refractivity contribution in [3.05, 3.63) is 0 Å². The van der Waals surface area contributed by atoms with Crippen LogP contribution < -0.4 is 0 Å². The first kappa shape index (κ1) is 10.4. The molecule has 0 aliphatic carbocycles. The third-order valence-corrected chi connectivity index (χ3v) is 1.04. The molecule has 0 saturated carbocycles. The summed E-state index contributed by atoms with van der Waals surface area (Å²) in [6.07, 6.45) is 0.880. The molecular weight excluding hydrogens is 144 g/mol. The summed E-state index contributed by atoms with van der Waals surface area (Å²) >= 11 is 0. The van der Waals surface area contributed by atoms with Gasteiger partial charge in [0.2, 0.25) is 0 Å². The van der Waals surface area contributed by atoms with Gasteiger partial charge < -0.3 is 9.84 Å². The average molecular weight is 160 g/mol. The van der Waals surface area contributed by atoms with Gasteiger partial charge in [0, 0.05) is 0 Å². The Morgan fingerprint density at radius 1 is 1.55 bits per heavy atom. The van der Waals surface area contributed by atoms with E-state index in [1.807, 2.05) is 6.92 Å². The number of rotatable bonds is 4. The lowest BCUT2D eigenvalue weighted by molar-refractivity contribution is -0.148. The number of carbonyl (C=O) groups excluding carboxylic acids is 1. The Morgan fingerprint density at radius 3 is 2.45 bits per heavy atom. The van der Waals surface area contributed by atoms with Crippen molar-refractivity contribution in [3.8, 4) is 0 Å². The van der Waals surface area contributed by atoms with Crippen molar-refractivity contribution in [3.63, 3.8) is 0 Å². The lowest BCUT2D eigenvalue weighted by atomic mass is 10.1. The highest BCUT2D eigenvalue weighted by atomic mass is 16.5. The number of hydrogen-bond acceptors (Lipinski definition) is 3. The van der Waals surface area contributed by atoms with Crippen LogP contribution in [0.15, 0.2) is 0 Å². The topological polar surface area (TPSA) is 46.5 Å². The van der Waals surface area contributed by atoms with Crippen molar-refractivity contribution in [1.82, 2.24) is 0 Å². The molecule has 0 bridgehead atoms. The maximum Gasteiger partial charge on any atom is 0.308 e. The van der Waals surface area contributed by atoms with E-state index in [9.17, 15) is 9.90 Å². The zero-order chi connectivity index (χ0) is 8.91. The van der Waals surface area contributed by atoms with Gasteiger partial charge in [-0.15, -0.1) is 0 Å². The van der Waals surface area contributed by atoms with Gasteiger partial charge in [-0.2, -0.15) is 0 Å². The van der Waals surface area contributed by atoms with Gasteiger partial charge in [0.25, 0.3) is 0 Å². The second-order valence-electron chi connectivity index (χ2n) is 3.21. The molecule has 0 atom stereocenters. The van der Waals surface area contributed by atoms with Crippen molar-refractivity contribution in [2.45, 2.75) is 39.2 Å². The van der Waals surface area contributed by atoms with Crippen LogP contribution in [0.3, 0.4) is 0 Å².